The maximum atomic E-state index is 11.4. The molecule has 1 fully saturated rings. The zero-order valence-electron chi connectivity index (χ0n) is 11.4. The van der Waals surface area contributed by atoms with Crippen LogP contribution in [0.4, 0.5) is 11.4 Å². The van der Waals surface area contributed by atoms with Crippen LogP contribution in [-0.4, -0.2) is 18.9 Å². The van der Waals surface area contributed by atoms with E-state index in [9.17, 15) is 4.79 Å². The predicted octanol–water partition coefficient (Wildman–Crippen LogP) is 2.95. The van der Waals surface area contributed by atoms with Crippen LogP contribution in [0.2, 0.25) is 0 Å². The standard InChI is InChI=1S/C15H22N2O/c1-10-6-7-17(9-11(10)2)13-4-5-14(12(3)18)15(16)8-13/h4-5,8,10-11H,6-7,9,16H2,1-3H3. The maximum Gasteiger partial charge on any atom is 0.161 e. The van der Waals surface area contributed by atoms with Crippen molar-refractivity contribution in [1.29, 1.82) is 0 Å². The third kappa shape index (κ3) is 2.50. The second-order valence-electron chi connectivity index (χ2n) is 5.52. The Kier molecular flexibility index (Phi) is 3.60. The summed E-state index contributed by atoms with van der Waals surface area (Å²) in [6.45, 7) is 8.31. The fraction of sp³-hybridized carbons (Fsp3) is 0.533. The minimum Gasteiger partial charge on any atom is -0.398 e. The van der Waals surface area contributed by atoms with Gasteiger partial charge in [0.15, 0.2) is 5.78 Å². The number of nitrogens with two attached hydrogens (primary N) is 1. The molecule has 3 nitrogen and oxygen atoms in total. The Morgan fingerprint density at radius 1 is 1.33 bits per heavy atom. The van der Waals surface area contributed by atoms with Crippen LogP contribution < -0.4 is 10.6 Å². The van der Waals surface area contributed by atoms with Crippen molar-refractivity contribution < 1.29 is 4.79 Å². The van der Waals surface area contributed by atoms with Gasteiger partial charge < -0.3 is 10.6 Å². The zero-order chi connectivity index (χ0) is 13.3. The third-order valence-corrected chi connectivity index (χ3v) is 4.11. The molecule has 98 valence electrons. The summed E-state index contributed by atoms with van der Waals surface area (Å²) in [5.74, 6) is 1.52. The first kappa shape index (κ1) is 12.9. The number of hydrogen-bond donors (Lipinski definition) is 1. The van der Waals surface area contributed by atoms with Crippen LogP contribution in [0, 0.1) is 11.8 Å². The van der Waals surface area contributed by atoms with Gasteiger partial charge in [-0.15, -0.1) is 0 Å². The molecule has 0 aromatic heterocycles. The first-order chi connectivity index (χ1) is 8.49. The molecule has 2 atom stereocenters. The molecule has 3 heteroatoms. The summed E-state index contributed by atoms with van der Waals surface area (Å²) < 4.78 is 0. The van der Waals surface area contributed by atoms with Gasteiger partial charge in [0.05, 0.1) is 0 Å². The van der Waals surface area contributed by atoms with Gasteiger partial charge in [-0.25, -0.2) is 0 Å². The number of benzene rings is 1. The van der Waals surface area contributed by atoms with Crippen LogP contribution in [0.15, 0.2) is 18.2 Å². The Morgan fingerprint density at radius 2 is 2.06 bits per heavy atom. The molecule has 2 rings (SSSR count). The number of carbonyl (C=O) groups is 1. The van der Waals surface area contributed by atoms with Crippen molar-refractivity contribution in [3.63, 3.8) is 0 Å². The summed E-state index contributed by atoms with van der Waals surface area (Å²) in [4.78, 5) is 13.7. The van der Waals surface area contributed by atoms with Crippen molar-refractivity contribution in [2.45, 2.75) is 27.2 Å². The Hall–Kier alpha value is -1.51. The Bertz CT molecular complexity index is 456. The average Bonchev–Trinajstić information content (AvgIpc) is 2.32. The summed E-state index contributed by atoms with van der Waals surface area (Å²) >= 11 is 0. The first-order valence-corrected chi connectivity index (χ1v) is 6.64. The number of piperidine rings is 1. The van der Waals surface area contributed by atoms with Gasteiger partial charge in [0.1, 0.15) is 0 Å². The minimum absolute atomic E-state index is 0.0275. The van der Waals surface area contributed by atoms with E-state index in [4.69, 9.17) is 5.73 Å². The van der Waals surface area contributed by atoms with Gasteiger partial charge in [-0.3, -0.25) is 4.79 Å². The number of nitrogens with zero attached hydrogens (tertiary/aromatic N) is 1. The van der Waals surface area contributed by atoms with Crippen LogP contribution in [0.5, 0.6) is 0 Å². The van der Waals surface area contributed by atoms with E-state index in [1.165, 1.54) is 6.42 Å². The van der Waals surface area contributed by atoms with Gasteiger partial charge in [0.2, 0.25) is 0 Å². The quantitative estimate of drug-likeness (QED) is 0.644. The molecule has 1 aromatic rings. The van der Waals surface area contributed by atoms with E-state index >= 15 is 0 Å². The first-order valence-electron chi connectivity index (χ1n) is 6.64. The highest BCUT2D eigenvalue weighted by Crippen LogP contribution is 2.29. The number of Topliss-reactive ketones (excluding diaryl/α,β-unsaturated/α-hetero) is 1. The normalized spacial score (nSPS) is 24.1. The number of hydrogen-bond acceptors (Lipinski definition) is 3. The van der Waals surface area contributed by atoms with Crippen molar-refractivity contribution in [2.24, 2.45) is 11.8 Å². The molecule has 2 N–H and O–H groups in total. The van der Waals surface area contributed by atoms with Crippen LogP contribution in [0.3, 0.4) is 0 Å². The molecule has 0 bridgehead atoms. The molecule has 1 aliphatic heterocycles. The summed E-state index contributed by atoms with van der Waals surface area (Å²) in [5, 5.41) is 0. The number of rotatable bonds is 2. The highest BCUT2D eigenvalue weighted by atomic mass is 16.1. The van der Waals surface area contributed by atoms with Gasteiger partial charge in [0.25, 0.3) is 0 Å². The zero-order valence-corrected chi connectivity index (χ0v) is 11.4. The van der Waals surface area contributed by atoms with E-state index in [1.807, 2.05) is 18.2 Å². The summed E-state index contributed by atoms with van der Waals surface area (Å²) in [5.41, 5.74) is 8.29. The molecule has 1 aliphatic rings. The monoisotopic (exact) mass is 246 g/mol. The highest BCUT2D eigenvalue weighted by molar-refractivity contribution is 5.99. The van der Waals surface area contributed by atoms with E-state index in [2.05, 4.69) is 18.7 Å². The molecule has 0 aliphatic carbocycles. The van der Waals surface area contributed by atoms with Crippen molar-refractivity contribution in [1.82, 2.24) is 0 Å². The molecule has 1 aromatic carbocycles. The van der Waals surface area contributed by atoms with Gasteiger partial charge in [0, 0.05) is 30.0 Å². The van der Waals surface area contributed by atoms with Crippen molar-refractivity contribution in [3.05, 3.63) is 23.8 Å². The second kappa shape index (κ2) is 5.01. The lowest BCUT2D eigenvalue weighted by molar-refractivity contribution is 0.101. The minimum atomic E-state index is 0.0275. The molecule has 18 heavy (non-hydrogen) atoms. The van der Waals surface area contributed by atoms with Crippen LogP contribution >= 0.6 is 0 Å². The predicted molar refractivity (Wildman–Crippen MR) is 76.0 cm³/mol. The average molecular weight is 246 g/mol. The topological polar surface area (TPSA) is 46.3 Å². The molecular weight excluding hydrogens is 224 g/mol. The summed E-state index contributed by atoms with van der Waals surface area (Å²) in [6.07, 6.45) is 1.22. The van der Waals surface area contributed by atoms with Gasteiger partial charge in [-0.1, -0.05) is 13.8 Å². The van der Waals surface area contributed by atoms with Gasteiger partial charge in [-0.05, 0) is 43.4 Å². The Labute approximate surface area is 109 Å². The third-order valence-electron chi connectivity index (χ3n) is 4.11. The maximum absolute atomic E-state index is 11.4. The fourth-order valence-electron chi connectivity index (χ4n) is 2.56. The van der Waals surface area contributed by atoms with E-state index < -0.39 is 0 Å². The molecule has 1 heterocycles. The highest BCUT2D eigenvalue weighted by Gasteiger charge is 2.23. The van der Waals surface area contributed by atoms with Gasteiger partial charge >= 0.3 is 0 Å². The van der Waals surface area contributed by atoms with Crippen LogP contribution in [0.25, 0.3) is 0 Å². The number of carbonyl (C=O) groups excluding carboxylic acids is 1. The smallest absolute Gasteiger partial charge is 0.161 e. The van der Waals surface area contributed by atoms with E-state index in [-0.39, 0.29) is 5.78 Å². The molecule has 0 amide bonds. The Balaban J connectivity index is 2.19. The van der Waals surface area contributed by atoms with Crippen molar-refractivity contribution >= 4 is 17.2 Å². The van der Waals surface area contributed by atoms with Crippen LogP contribution in [-0.2, 0) is 0 Å². The molecule has 0 spiro atoms. The fourth-order valence-corrected chi connectivity index (χ4v) is 2.56. The molecule has 0 saturated carbocycles. The van der Waals surface area contributed by atoms with E-state index in [0.717, 1.165) is 24.7 Å². The lowest BCUT2D eigenvalue weighted by Gasteiger charge is -2.37. The lowest BCUT2D eigenvalue weighted by Crippen LogP contribution is -2.38. The molecule has 1 saturated heterocycles. The molecular formula is C15H22N2O. The van der Waals surface area contributed by atoms with Crippen molar-refractivity contribution in [3.8, 4) is 0 Å². The van der Waals surface area contributed by atoms with E-state index in [0.29, 0.717) is 17.2 Å². The molecule has 2 unspecified atom stereocenters. The van der Waals surface area contributed by atoms with Crippen molar-refractivity contribution in [2.75, 3.05) is 23.7 Å². The summed E-state index contributed by atoms with van der Waals surface area (Å²) in [6, 6.07) is 5.78. The molecule has 0 radical (unpaired) electrons. The SMILES string of the molecule is CC(=O)c1ccc(N2CCC(C)C(C)C2)cc1N. The van der Waals surface area contributed by atoms with E-state index in [1.54, 1.807) is 6.92 Å². The summed E-state index contributed by atoms with van der Waals surface area (Å²) in [7, 11) is 0. The number of anilines is 2. The number of nitrogen functional groups attached to an aromatic ring is 1. The van der Waals surface area contributed by atoms with Crippen LogP contribution in [0.1, 0.15) is 37.6 Å². The second-order valence-corrected chi connectivity index (χ2v) is 5.52. The largest absolute Gasteiger partial charge is 0.398 e. The number of ketones is 1. The Morgan fingerprint density at radius 3 is 2.61 bits per heavy atom. The lowest BCUT2D eigenvalue weighted by atomic mass is 9.88. The van der Waals surface area contributed by atoms with Gasteiger partial charge in [-0.2, -0.15) is 0 Å².